The van der Waals surface area contributed by atoms with Crippen molar-refractivity contribution in [1.82, 2.24) is 5.32 Å². The quantitative estimate of drug-likeness (QED) is 0.892. The minimum atomic E-state index is -1.10. The van der Waals surface area contributed by atoms with E-state index in [1.807, 2.05) is 0 Å². The Balaban J connectivity index is 2.12. The lowest BCUT2D eigenvalue weighted by atomic mass is 10.1. The molecular weight excluding hydrogens is 290 g/mol. The number of benzene rings is 2. The SMILES string of the molecule is O=C(N[C@@H](Cc1ccccc1Cl)C(=O)O)c1ccccc1. The summed E-state index contributed by atoms with van der Waals surface area (Å²) in [6, 6.07) is 14.4. The Hall–Kier alpha value is -2.33. The van der Waals surface area contributed by atoms with Gasteiger partial charge in [-0.25, -0.2) is 4.79 Å². The van der Waals surface area contributed by atoms with E-state index in [4.69, 9.17) is 11.6 Å². The third-order valence-electron chi connectivity index (χ3n) is 3.02. The van der Waals surface area contributed by atoms with Gasteiger partial charge in [-0.05, 0) is 23.8 Å². The molecule has 0 aliphatic rings. The van der Waals surface area contributed by atoms with E-state index in [1.165, 1.54) is 0 Å². The summed E-state index contributed by atoms with van der Waals surface area (Å²) in [7, 11) is 0. The third-order valence-corrected chi connectivity index (χ3v) is 3.39. The van der Waals surface area contributed by atoms with Gasteiger partial charge in [-0.2, -0.15) is 0 Å². The maximum Gasteiger partial charge on any atom is 0.326 e. The maximum atomic E-state index is 12.0. The summed E-state index contributed by atoms with van der Waals surface area (Å²) >= 11 is 6.02. The van der Waals surface area contributed by atoms with Gasteiger partial charge in [-0.1, -0.05) is 48.0 Å². The van der Waals surface area contributed by atoms with Gasteiger partial charge in [0.25, 0.3) is 5.91 Å². The Labute approximate surface area is 127 Å². The Bertz CT molecular complexity index is 643. The molecule has 0 fully saturated rings. The number of carboxylic acid groups (broad SMARTS) is 1. The fraction of sp³-hybridized carbons (Fsp3) is 0.125. The highest BCUT2D eigenvalue weighted by Gasteiger charge is 2.21. The molecule has 0 radical (unpaired) electrons. The van der Waals surface area contributed by atoms with Crippen molar-refractivity contribution in [2.45, 2.75) is 12.5 Å². The molecular formula is C16H14ClNO3. The molecule has 1 amide bonds. The summed E-state index contributed by atoms with van der Waals surface area (Å²) in [4.78, 5) is 23.4. The minimum absolute atomic E-state index is 0.133. The van der Waals surface area contributed by atoms with Gasteiger partial charge in [0.1, 0.15) is 6.04 Å². The van der Waals surface area contributed by atoms with Crippen LogP contribution in [0.4, 0.5) is 0 Å². The summed E-state index contributed by atoms with van der Waals surface area (Å²) in [6.07, 6.45) is 0.133. The number of carboxylic acids is 1. The molecule has 2 N–H and O–H groups in total. The Kier molecular flexibility index (Phi) is 4.95. The second kappa shape index (κ2) is 6.90. The highest BCUT2D eigenvalue weighted by atomic mass is 35.5. The van der Waals surface area contributed by atoms with Gasteiger partial charge in [-0.3, -0.25) is 4.79 Å². The van der Waals surface area contributed by atoms with Crippen LogP contribution in [-0.2, 0) is 11.2 Å². The molecule has 0 bridgehead atoms. The molecule has 2 rings (SSSR count). The summed E-state index contributed by atoms with van der Waals surface area (Å²) in [6.45, 7) is 0. The Morgan fingerprint density at radius 1 is 1.05 bits per heavy atom. The monoisotopic (exact) mass is 303 g/mol. The first-order valence-corrected chi connectivity index (χ1v) is 6.78. The molecule has 0 aliphatic heterocycles. The molecule has 5 heteroatoms. The fourth-order valence-corrected chi connectivity index (χ4v) is 2.13. The summed E-state index contributed by atoms with van der Waals surface area (Å²) in [5, 5.41) is 12.3. The van der Waals surface area contributed by atoms with E-state index in [0.29, 0.717) is 16.1 Å². The van der Waals surface area contributed by atoms with Crippen LogP contribution in [0.1, 0.15) is 15.9 Å². The molecule has 0 saturated heterocycles. The first-order valence-electron chi connectivity index (χ1n) is 6.40. The molecule has 0 aromatic heterocycles. The molecule has 0 saturated carbocycles. The number of nitrogens with one attached hydrogen (secondary N) is 1. The van der Waals surface area contributed by atoms with Crippen molar-refractivity contribution in [3.63, 3.8) is 0 Å². The molecule has 0 spiro atoms. The molecule has 4 nitrogen and oxygen atoms in total. The molecule has 2 aromatic carbocycles. The molecule has 0 aliphatic carbocycles. The molecule has 1 atom stereocenters. The van der Waals surface area contributed by atoms with Gasteiger partial charge in [0.2, 0.25) is 0 Å². The highest BCUT2D eigenvalue weighted by molar-refractivity contribution is 6.31. The van der Waals surface area contributed by atoms with Gasteiger partial charge in [0.05, 0.1) is 0 Å². The molecule has 0 unspecified atom stereocenters. The van der Waals surface area contributed by atoms with Crippen LogP contribution in [0, 0.1) is 0 Å². The van der Waals surface area contributed by atoms with E-state index < -0.39 is 17.9 Å². The van der Waals surface area contributed by atoms with Gasteiger partial charge in [0, 0.05) is 17.0 Å². The van der Waals surface area contributed by atoms with Crippen molar-refractivity contribution < 1.29 is 14.7 Å². The van der Waals surface area contributed by atoms with Crippen LogP contribution in [0.5, 0.6) is 0 Å². The lowest BCUT2D eigenvalue weighted by Gasteiger charge is -2.15. The summed E-state index contributed by atoms with van der Waals surface area (Å²) < 4.78 is 0. The number of amides is 1. The lowest BCUT2D eigenvalue weighted by Crippen LogP contribution is -2.42. The highest BCUT2D eigenvalue weighted by Crippen LogP contribution is 2.17. The number of rotatable bonds is 5. The lowest BCUT2D eigenvalue weighted by molar-refractivity contribution is -0.139. The number of hydrogen-bond acceptors (Lipinski definition) is 2. The molecule has 0 heterocycles. The average Bonchev–Trinajstić information content (AvgIpc) is 2.49. The second-order valence-corrected chi connectivity index (χ2v) is 4.93. The smallest absolute Gasteiger partial charge is 0.326 e. The largest absolute Gasteiger partial charge is 0.480 e. The van der Waals surface area contributed by atoms with Crippen molar-refractivity contribution >= 4 is 23.5 Å². The molecule has 21 heavy (non-hydrogen) atoms. The van der Waals surface area contributed by atoms with Crippen LogP contribution in [0.15, 0.2) is 54.6 Å². The fourth-order valence-electron chi connectivity index (χ4n) is 1.92. The number of carbonyl (C=O) groups excluding carboxylic acids is 1. The van der Waals surface area contributed by atoms with E-state index in [9.17, 15) is 14.7 Å². The van der Waals surface area contributed by atoms with Crippen LogP contribution in [0.25, 0.3) is 0 Å². The normalized spacial score (nSPS) is 11.7. The summed E-state index contributed by atoms with van der Waals surface area (Å²) in [5.41, 5.74) is 1.10. The van der Waals surface area contributed by atoms with Crippen LogP contribution >= 0.6 is 11.6 Å². The van der Waals surface area contributed by atoms with Crippen LogP contribution in [0.3, 0.4) is 0 Å². The van der Waals surface area contributed by atoms with Crippen molar-refractivity contribution in [2.75, 3.05) is 0 Å². The number of aliphatic carboxylic acids is 1. The predicted octanol–water partition coefficient (Wildman–Crippen LogP) is 2.77. The van der Waals surface area contributed by atoms with Crippen LogP contribution in [0.2, 0.25) is 5.02 Å². The predicted molar refractivity (Wildman–Crippen MR) is 80.5 cm³/mol. The minimum Gasteiger partial charge on any atom is -0.480 e. The van der Waals surface area contributed by atoms with Gasteiger partial charge >= 0.3 is 5.97 Å². The van der Waals surface area contributed by atoms with Crippen molar-refractivity contribution in [1.29, 1.82) is 0 Å². The standard InChI is InChI=1S/C16H14ClNO3/c17-13-9-5-4-8-12(13)10-14(16(20)21)18-15(19)11-6-2-1-3-7-11/h1-9,14H,10H2,(H,18,19)(H,20,21)/t14-/m0/s1. The average molecular weight is 304 g/mol. The number of carbonyl (C=O) groups is 2. The zero-order valence-corrected chi connectivity index (χ0v) is 11.9. The summed E-state index contributed by atoms with van der Waals surface area (Å²) in [5.74, 6) is -1.52. The topological polar surface area (TPSA) is 66.4 Å². The van der Waals surface area contributed by atoms with Crippen molar-refractivity contribution in [2.24, 2.45) is 0 Å². The molecule has 108 valence electrons. The zero-order chi connectivity index (χ0) is 15.2. The molecule has 2 aromatic rings. The Morgan fingerprint density at radius 2 is 1.67 bits per heavy atom. The van der Waals surface area contributed by atoms with Crippen molar-refractivity contribution in [3.05, 3.63) is 70.7 Å². The second-order valence-electron chi connectivity index (χ2n) is 4.53. The van der Waals surface area contributed by atoms with Crippen LogP contribution < -0.4 is 5.32 Å². The first kappa shape index (κ1) is 15.1. The zero-order valence-electron chi connectivity index (χ0n) is 11.1. The van der Waals surface area contributed by atoms with Gasteiger partial charge in [-0.15, -0.1) is 0 Å². The number of halogens is 1. The van der Waals surface area contributed by atoms with Gasteiger partial charge < -0.3 is 10.4 Å². The van der Waals surface area contributed by atoms with E-state index >= 15 is 0 Å². The Morgan fingerprint density at radius 3 is 2.29 bits per heavy atom. The van der Waals surface area contributed by atoms with E-state index in [-0.39, 0.29) is 6.42 Å². The van der Waals surface area contributed by atoms with E-state index in [2.05, 4.69) is 5.32 Å². The third kappa shape index (κ3) is 4.07. The van der Waals surface area contributed by atoms with Crippen LogP contribution in [-0.4, -0.2) is 23.0 Å². The van der Waals surface area contributed by atoms with Crippen molar-refractivity contribution in [3.8, 4) is 0 Å². The van der Waals surface area contributed by atoms with E-state index in [0.717, 1.165) is 0 Å². The first-order chi connectivity index (χ1) is 10.1. The maximum absolute atomic E-state index is 12.0. The van der Waals surface area contributed by atoms with Gasteiger partial charge in [0.15, 0.2) is 0 Å². The van der Waals surface area contributed by atoms with E-state index in [1.54, 1.807) is 54.6 Å². The number of hydrogen-bond donors (Lipinski definition) is 2.